The highest BCUT2D eigenvalue weighted by Gasteiger charge is 2.18. The molecule has 1 aliphatic carbocycles. The highest BCUT2D eigenvalue weighted by molar-refractivity contribution is 5.94. The van der Waals surface area contributed by atoms with E-state index in [0.29, 0.717) is 17.8 Å². The van der Waals surface area contributed by atoms with Crippen LogP contribution in [0.1, 0.15) is 49.4 Å². The minimum absolute atomic E-state index is 0.0479. The van der Waals surface area contributed by atoms with E-state index in [1.54, 1.807) is 16.7 Å². The second-order valence-corrected chi connectivity index (χ2v) is 7.44. The summed E-state index contributed by atoms with van der Waals surface area (Å²) in [6, 6.07) is 15.2. The van der Waals surface area contributed by atoms with E-state index < -0.39 is 0 Å². The molecule has 5 nitrogen and oxygen atoms in total. The number of rotatable bonds is 5. The van der Waals surface area contributed by atoms with Gasteiger partial charge in [0.2, 0.25) is 0 Å². The van der Waals surface area contributed by atoms with Gasteiger partial charge >= 0.3 is 0 Å². The van der Waals surface area contributed by atoms with Crippen LogP contribution in [-0.2, 0) is 6.54 Å². The Balaban J connectivity index is 1.67. The Hall–Kier alpha value is -2.95. The molecule has 1 saturated carbocycles. The number of carbonyl (C=O) groups excluding carboxylic acids is 1. The summed E-state index contributed by atoms with van der Waals surface area (Å²) in [5, 5.41) is 3.10. The lowest BCUT2D eigenvalue weighted by atomic mass is 10.1. The second kappa shape index (κ2) is 7.97. The van der Waals surface area contributed by atoms with Crippen molar-refractivity contribution < 1.29 is 4.79 Å². The predicted molar refractivity (Wildman–Crippen MR) is 111 cm³/mol. The minimum Gasteiger partial charge on any atom is -0.349 e. The molecule has 0 bridgehead atoms. The quantitative estimate of drug-likeness (QED) is 0.729. The van der Waals surface area contributed by atoms with Crippen LogP contribution in [-0.4, -0.2) is 21.5 Å². The van der Waals surface area contributed by atoms with Gasteiger partial charge in [0.05, 0.1) is 11.0 Å². The SMILES string of the molecule is CCCn1c(=O)c(-c2ccc(C(=O)NC3CCCC3)cc2)nc2ccccc21. The topological polar surface area (TPSA) is 64.0 Å². The summed E-state index contributed by atoms with van der Waals surface area (Å²) in [4.78, 5) is 30.1. The summed E-state index contributed by atoms with van der Waals surface area (Å²) in [5.74, 6) is -0.0479. The molecule has 0 radical (unpaired) electrons. The van der Waals surface area contributed by atoms with Crippen LogP contribution in [0, 0.1) is 0 Å². The molecule has 2 aromatic carbocycles. The van der Waals surface area contributed by atoms with Crippen LogP contribution in [0.15, 0.2) is 53.3 Å². The fourth-order valence-electron chi connectivity index (χ4n) is 3.94. The van der Waals surface area contributed by atoms with Crippen molar-refractivity contribution in [1.82, 2.24) is 14.9 Å². The Bertz CT molecular complexity index is 1050. The van der Waals surface area contributed by atoms with E-state index in [0.717, 1.165) is 35.9 Å². The Kier molecular flexibility index (Phi) is 5.24. The molecule has 0 aliphatic heterocycles. The third-order valence-electron chi connectivity index (χ3n) is 5.41. The van der Waals surface area contributed by atoms with E-state index in [2.05, 4.69) is 17.2 Å². The first-order chi connectivity index (χ1) is 13.7. The van der Waals surface area contributed by atoms with Gasteiger partial charge in [-0.1, -0.05) is 44.0 Å². The van der Waals surface area contributed by atoms with E-state index in [-0.39, 0.29) is 17.5 Å². The fraction of sp³-hybridized carbons (Fsp3) is 0.348. The highest BCUT2D eigenvalue weighted by atomic mass is 16.1. The summed E-state index contributed by atoms with van der Waals surface area (Å²) < 4.78 is 1.79. The molecule has 1 fully saturated rings. The zero-order valence-corrected chi connectivity index (χ0v) is 16.1. The summed E-state index contributed by atoms with van der Waals surface area (Å²) >= 11 is 0. The molecule has 144 valence electrons. The van der Waals surface area contributed by atoms with Gasteiger partial charge in [0.1, 0.15) is 5.69 Å². The summed E-state index contributed by atoms with van der Waals surface area (Å²) in [6.07, 6.45) is 5.35. The number of hydrogen-bond donors (Lipinski definition) is 1. The average Bonchev–Trinajstić information content (AvgIpc) is 3.23. The van der Waals surface area contributed by atoms with Crippen molar-refractivity contribution in [3.8, 4) is 11.3 Å². The lowest BCUT2D eigenvalue weighted by Crippen LogP contribution is -2.32. The molecular formula is C23H25N3O2. The van der Waals surface area contributed by atoms with Gasteiger partial charge in [-0.3, -0.25) is 9.59 Å². The monoisotopic (exact) mass is 375 g/mol. The normalized spacial score (nSPS) is 14.5. The van der Waals surface area contributed by atoms with Crippen molar-refractivity contribution in [1.29, 1.82) is 0 Å². The smallest absolute Gasteiger partial charge is 0.277 e. The van der Waals surface area contributed by atoms with Gasteiger partial charge in [-0.25, -0.2) is 4.98 Å². The van der Waals surface area contributed by atoms with E-state index in [1.807, 2.05) is 36.4 Å². The van der Waals surface area contributed by atoms with Gasteiger partial charge in [-0.15, -0.1) is 0 Å². The number of aryl methyl sites for hydroxylation is 1. The predicted octanol–water partition coefficient (Wildman–Crippen LogP) is 4.15. The van der Waals surface area contributed by atoms with Crippen LogP contribution in [0.2, 0.25) is 0 Å². The molecule has 1 amide bonds. The highest BCUT2D eigenvalue weighted by Crippen LogP contribution is 2.20. The first kappa shape index (κ1) is 18.4. The van der Waals surface area contributed by atoms with Crippen LogP contribution in [0.3, 0.4) is 0 Å². The van der Waals surface area contributed by atoms with Gasteiger partial charge in [0.15, 0.2) is 0 Å². The Morgan fingerprint density at radius 2 is 1.82 bits per heavy atom. The Morgan fingerprint density at radius 1 is 1.11 bits per heavy atom. The molecule has 0 unspecified atom stereocenters. The maximum Gasteiger partial charge on any atom is 0.277 e. The number of hydrogen-bond acceptors (Lipinski definition) is 3. The Labute approximate surface area is 164 Å². The van der Waals surface area contributed by atoms with Gasteiger partial charge in [0, 0.05) is 23.7 Å². The zero-order valence-electron chi connectivity index (χ0n) is 16.1. The van der Waals surface area contributed by atoms with Crippen LogP contribution in [0.4, 0.5) is 0 Å². The van der Waals surface area contributed by atoms with Gasteiger partial charge in [0.25, 0.3) is 11.5 Å². The maximum atomic E-state index is 13.0. The molecule has 1 aromatic heterocycles. The third kappa shape index (κ3) is 3.57. The summed E-state index contributed by atoms with van der Waals surface area (Å²) in [6.45, 7) is 2.70. The van der Waals surface area contributed by atoms with Crippen LogP contribution < -0.4 is 10.9 Å². The number of amides is 1. The molecule has 5 heteroatoms. The first-order valence-electron chi connectivity index (χ1n) is 10.1. The van der Waals surface area contributed by atoms with E-state index >= 15 is 0 Å². The van der Waals surface area contributed by atoms with Gasteiger partial charge in [-0.05, 0) is 43.5 Å². The number of para-hydroxylation sites is 2. The fourth-order valence-corrected chi connectivity index (χ4v) is 3.94. The number of aromatic nitrogens is 2. The minimum atomic E-state index is -0.0938. The molecule has 3 aromatic rings. The van der Waals surface area contributed by atoms with E-state index in [4.69, 9.17) is 0 Å². The van der Waals surface area contributed by atoms with Crippen molar-refractivity contribution in [3.63, 3.8) is 0 Å². The van der Waals surface area contributed by atoms with Crippen LogP contribution in [0.5, 0.6) is 0 Å². The van der Waals surface area contributed by atoms with Crippen molar-refractivity contribution in [3.05, 3.63) is 64.4 Å². The third-order valence-corrected chi connectivity index (χ3v) is 5.41. The average molecular weight is 375 g/mol. The molecule has 0 spiro atoms. The Morgan fingerprint density at radius 3 is 2.54 bits per heavy atom. The van der Waals surface area contributed by atoms with E-state index in [9.17, 15) is 9.59 Å². The lowest BCUT2D eigenvalue weighted by molar-refractivity contribution is 0.0938. The van der Waals surface area contributed by atoms with Crippen molar-refractivity contribution in [2.24, 2.45) is 0 Å². The molecule has 1 N–H and O–H groups in total. The second-order valence-electron chi connectivity index (χ2n) is 7.44. The van der Waals surface area contributed by atoms with Gasteiger partial charge in [-0.2, -0.15) is 0 Å². The molecule has 28 heavy (non-hydrogen) atoms. The van der Waals surface area contributed by atoms with Crippen LogP contribution >= 0.6 is 0 Å². The van der Waals surface area contributed by atoms with E-state index in [1.165, 1.54) is 12.8 Å². The maximum absolute atomic E-state index is 13.0. The number of nitrogens with one attached hydrogen (secondary N) is 1. The summed E-state index contributed by atoms with van der Waals surface area (Å²) in [5.41, 5.74) is 3.33. The largest absolute Gasteiger partial charge is 0.349 e. The standard InChI is InChI=1S/C23H25N3O2/c1-2-15-26-20-10-6-5-9-19(20)25-21(23(26)28)16-11-13-17(14-12-16)22(27)24-18-7-3-4-8-18/h5-6,9-14,18H,2-4,7-8,15H2,1H3,(H,24,27). The zero-order chi connectivity index (χ0) is 19.5. The lowest BCUT2D eigenvalue weighted by Gasteiger charge is -2.13. The van der Waals surface area contributed by atoms with Crippen molar-refractivity contribution >= 4 is 16.9 Å². The molecule has 1 aliphatic rings. The van der Waals surface area contributed by atoms with Crippen molar-refractivity contribution in [2.45, 2.75) is 51.6 Å². The number of benzene rings is 2. The number of carbonyl (C=O) groups is 1. The van der Waals surface area contributed by atoms with Gasteiger partial charge < -0.3 is 9.88 Å². The first-order valence-corrected chi connectivity index (χ1v) is 10.1. The number of nitrogens with zero attached hydrogens (tertiary/aromatic N) is 2. The summed E-state index contributed by atoms with van der Waals surface area (Å²) in [7, 11) is 0. The molecular weight excluding hydrogens is 350 g/mol. The molecule has 1 heterocycles. The number of fused-ring (bicyclic) bond motifs is 1. The van der Waals surface area contributed by atoms with Crippen molar-refractivity contribution in [2.75, 3.05) is 0 Å². The van der Waals surface area contributed by atoms with Crippen LogP contribution in [0.25, 0.3) is 22.3 Å². The molecule has 0 atom stereocenters. The molecule has 4 rings (SSSR count). The molecule has 0 saturated heterocycles.